The first kappa shape index (κ1) is 4.09. The van der Waals surface area contributed by atoms with Gasteiger partial charge in [-0.1, -0.05) is 0 Å². The topological polar surface area (TPSA) is 54.7 Å². The fourth-order valence-electron chi connectivity index (χ4n) is 0.523. The molecule has 0 radical (unpaired) electrons. The summed E-state index contributed by atoms with van der Waals surface area (Å²) in [7, 11) is 0. The minimum atomic E-state index is -0.537. The van der Waals surface area contributed by atoms with E-state index >= 15 is 0 Å². The highest BCUT2D eigenvalue weighted by Gasteiger charge is 1.86. The van der Waals surface area contributed by atoms with E-state index in [-0.39, 0.29) is 0 Å². The standard InChI is InChI=1S/C5H9N3/c6-2-1-5-3-7-4-8-5/h3-4H,1-2,6H2,(H,7,8)/i2T/t2-/m1/s1. The second-order valence-electron chi connectivity index (χ2n) is 1.52. The van der Waals surface area contributed by atoms with Crippen LogP contribution in [0.1, 0.15) is 7.06 Å². The molecule has 1 aromatic rings. The molecule has 0 bridgehead atoms. The average Bonchev–Trinajstić information content (AvgIpc) is 2.15. The summed E-state index contributed by atoms with van der Waals surface area (Å²) >= 11 is 0. The molecule has 3 heteroatoms. The lowest BCUT2D eigenvalue weighted by molar-refractivity contribution is 0.935. The molecule has 0 aliphatic heterocycles. The fourth-order valence-corrected chi connectivity index (χ4v) is 0.523. The zero-order chi connectivity index (χ0) is 6.69. The first-order valence-corrected chi connectivity index (χ1v) is 2.44. The van der Waals surface area contributed by atoms with Crippen LogP contribution in [-0.2, 0) is 6.42 Å². The van der Waals surface area contributed by atoms with Gasteiger partial charge in [0.05, 0.1) is 6.33 Å². The van der Waals surface area contributed by atoms with E-state index in [2.05, 4.69) is 9.97 Å². The quantitative estimate of drug-likeness (QED) is 0.563. The van der Waals surface area contributed by atoms with Crippen molar-refractivity contribution >= 4 is 0 Å². The third-order valence-corrected chi connectivity index (χ3v) is 0.893. The van der Waals surface area contributed by atoms with Gasteiger partial charge in [0.2, 0.25) is 0 Å². The van der Waals surface area contributed by atoms with Crippen LogP contribution in [0.25, 0.3) is 0 Å². The van der Waals surface area contributed by atoms with Crippen molar-refractivity contribution in [3.8, 4) is 0 Å². The van der Waals surface area contributed by atoms with Crippen LogP contribution in [0.15, 0.2) is 12.5 Å². The number of H-pyrrole nitrogens is 1. The lowest BCUT2D eigenvalue weighted by Gasteiger charge is -1.86. The van der Waals surface area contributed by atoms with E-state index in [0.717, 1.165) is 5.69 Å². The van der Waals surface area contributed by atoms with Gasteiger partial charge in [-0.2, -0.15) is 0 Å². The Bertz CT molecular complexity index is 159. The zero-order valence-electron chi connectivity index (χ0n) is 5.46. The van der Waals surface area contributed by atoms with E-state index in [4.69, 9.17) is 7.10 Å². The predicted molar refractivity (Wildman–Crippen MR) is 31.3 cm³/mol. The lowest BCUT2D eigenvalue weighted by atomic mass is 10.3. The Morgan fingerprint density at radius 1 is 2.00 bits per heavy atom. The highest BCUT2D eigenvalue weighted by atomic mass is 14.9. The van der Waals surface area contributed by atoms with E-state index in [1.54, 1.807) is 12.5 Å². The number of aromatic nitrogens is 2. The van der Waals surface area contributed by atoms with E-state index in [9.17, 15) is 0 Å². The largest absolute Gasteiger partial charge is 0.348 e. The molecule has 0 saturated carbocycles. The first-order chi connectivity index (χ1) is 4.29. The van der Waals surface area contributed by atoms with Gasteiger partial charge in [0.15, 0.2) is 0 Å². The number of imidazole rings is 1. The van der Waals surface area contributed by atoms with Crippen molar-refractivity contribution in [2.45, 2.75) is 6.42 Å². The average molecular weight is 113 g/mol. The molecule has 1 aromatic heterocycles. The Kier molecular flexibility index (Phi) is 1.26. The summed E-state index contributed by atoms with van der Waals surface area (Å²) in [6.45, 7) is -0.537. The lowest BCUT2D eigenvalue weighted by Crippen LogP contribution is -2.02. The third kappa shape index (κ3) is 1.07. The summed E-state index contributed by atoms with van der Waals surface area (Å²) in [4.78, 5) is 6.64. The van der Waals surface area contributed by atoms with Gasteiger partial charge in [0.1, 0.15) is 0 Å². The van der Waals surface area contributed by atoms with Crippen molar-refractivity contribution in [2.24, 2.45) is 5.73 Å². The number of nitrogens with two attached hydrogens (primary N) is 1. The molecule has 8 heavy (non-hydrogen) atoms. The molecule has 44 valence electrons. The minimum Gasteiger partial charge on any atom is -0.348 e. The monoisotopic (exact) mass is 113 g/mol. The number of aryl methyl sites for hydroxylation is 1. The van der Waals surface area contributed by atoms with Gasteiger partial charge in [-0.15, -0.1) is 0 Å². The molecule has 3 nitrogen and oxygen atoms in total. The van der Waals surface area contributed by atoms with Crippen LogP contribution in [0.5, 0.6) is 0 Å². The molecule has 0 aromatic carbocycles. The molecule has 0 aliphatic carbocycles. The Morgan fingerprint density at radius 3 is 3.38 bits per heavy atom. The Hall–Kier alpha value is -0.830. The molecule has 0 unspecified atom stereocenters. The SMILES string of the molecule is [3H][C@@H](N)Cc1cnc[nH]1. The van der Waals surface area contributed by atoms with Crippen molar-refractivity contribution in [1.82, 2.24) is 9.97 Å². The van der Waals surface area contributed by atoms with Crippen LogP contribution < -0.4 is 5.73 Å². The van der Waals surface area contributed by atoms with E-state index < -0.39 is 6.52 Å². The van der Waals surface area contributed by atoms with Crippen LogP contribution in [0.3, 0.4) is 0 Å². The molecule has 1 atom stereocenters. The molecule has 0 saturated heterocycles. The first-order valence-electron chi connectivity index (χ1n) is 3.02. The molecule has 0 aliphatic rings. The predicted octanol–water partition coefficient (Wildman–Crippen LogP) is -0.0891. The highest BCUT2D eigenvalue weighted by molar-refractivity contribution is 4.93. The van der Waals surface area contributed by atoms with E-state index in [0.29, 0.717) is 6.42 Å². The van der Waals surface area contributed by atoms with Crippen molar-refractivity contribution in [2.75, 3.05) is 6.52 Å². The number of aromatic amines is 1. The van der Waals surface area contributed by atoms with Crippen molar-refractivity contribution < 1.29 is 1.37 Å². The smallest absolute Gasteiger partial charge is 0.0921 e. The van der Waals surface area contributed by atoms with Gasteiger partial charge in [0, 0.05) is 19.7 Å². The fraction of sp³-hybridized carbons (Fsp3) is 0.400. The van der Waals surface area contributed by atoms with Gasteiger partial charge in [0.25, 0.3) is 0 Å². The number of hydrogen-bond donors (Lipinski definition) is 2. The van der Waals surface area contributed by atoms with Crippen LogP contribution >= 0.6 is 0 Å². The normalized spacial score (nSPS) is 15.4. The van der Waals surface area contributed by atoms with E-state index in [1.165, 1.54) is 0 Å². The van der Waals surface area contributed by atoms with Crippen molar-refractivity contribution in [1.29, 1.82) is 0 Å². The molecule has 3 N–H and O–H groups in total. The van der Waals surface area contributed by atoms with Gasteiger partial charge in [-0.25, -0.2) is 4.98 Å². The zero-order valence-corrected chi connectivity index (χ0v) is 4.46. The second kappa shape index (κ2) is 2.47. The van der Waals surface area contributed by atoms with Crippen LogP contribution in [-0.4, -0.2) is 16.5 Å². The number of nitrogens with one attached hydrogen (secondary N) is 1. The maximum Gasteiger partial charge on any atom is 0.0921 e. The Morgan fingerprint density at radius 2 is 2.88 bits per heavy atom. The summed E-state index contributed by atoms with van der Waals surface area (Å²) in [5.41, 5.74) is 6.12. The van der Waals surface area contributed by atoms with Crippen LogP contribution in [0, 0.1) is 0 Å². The molecular formula is C5H9N3. The van der Waals surface area contributed by atoms with Gasteiger partial charge in [-0.3, -0.25) is 0 Å². The van der Waals surface area contributed by atoms with Crippen LogP contribution in [0.4, 0.5) is 0 Å². The van der Waals surface area contributed by atoms with Gasteiger partial charge >= 0.3 is 0 Å². The summed E-state index contributed by atoms with van der Waals surface area (Å²) in [6.07, 6.45) is 3.80. The molecule has 0 amide bonds. The summed E-state index contributed by atoms with van der Waals surface area (Å²) in [5.74, 6) is 0. The van der Waals surface area contributed by atoms with Crippen molar-refractivity contribution in [3.05, 3.63) is 18.2 Å². The maximum atomic E-state index is 6.98. The van der Waals surface area contributed by atoms with Crippen molar-refractivity contribution in [3.63, 3.8) is 0 Å². The molecule has 1 rings (SSSR count). The Balaban J connectivity index is 2.48. The molecule has 0 fully saturated rings. The number of nitrogens with zero attached hydrogens (tertiary/aromatic N) is 1. The molecule has 1 heterocycles. The van der Waals surface area contributed by atoms with Gasteiger partial charge in [-0.05, 0) is 6.52 Å². The molecular weight excluding hydrogens is 102 g/mol. The third-order valence-electron chi connectivity index (χ3n) is 0.893. The number of hydrogen-bond acceptors (Lipinski definition) is 2. The summed E-state index contributed by atoms with van der Waals surface area (Å²) in [6, 6.07) is 0. The summed E-state index contributed by atoms with van der Waals surface area (Å²) < 4.78 is 6.98. The van der Waals surface area contributed by atoms with Gasteiger partial charge < -0.3 is 10.7 Å². The maximum absolute atomic E-state index is 6.98. The Labute approximate surface area is 49.3 Å². The minimum absolute atomic E-state index is 0.537. The van der Waals surface area contributed by atoms with E-state index in [1.807, 2.05) is 0 Å². The molecule has 0 spiro atoms. The number of rotatable bonds is 2. The second-order valence-corrected chi connectivity index (χ2v) is 1.52. The van der Waals surface area contributed by atoms with Crippen LogP contribution in [0.2, 0.25) is 0 Å². The highest BCUT2D eigenvalue weighted by Crippen LogP contribution is 1.88. The summed E-state index contributed by atoms with van der Waals surface area (Å²) in [5, 5.41) is 0.